The van der Waals surface area contributed by atoms with Crippen LogP contribution >= 0.6 is 0 Å². The van der Waals surface area contributed by atoms with Crippen molar-refractivity contribution >= 4 is 4.21 Å². The summed E-state index contributed by atoms with van der Waals surface area (Å²) in [5.74, 6) is 0.522. The summed E-state index contributed by atoms with van der Waals surface area (Å²) in [6.45, 7) is 38.1. The van der Waals surface area contributed by atoms with E-state index in [1.807, 2.05) is 24.3 Å². The monoisotopic (exact) mass is 810 g/mol. The molecule has 0 fully saturated rings. The van der Waals surface area contributed by atoms with E-state index < -0.39 is 0 Å². The van der Waals surface area contributed by atoms with Crippen LogP contribution in [0.1, 0.15) is 158 Å². The van der Waals surface area contributed by atoms with Gasteiger partial charge in [-0.25, -0.2) is 5.57 Å². The molecular weight excluding hydrogens is 740 g/mol. The van der Waals surface area contributed by atoms with Gasteiger partial charge < -0.3 is 0 Å². The Morgan fingerprint density at radius 1 is 0.582 bits per heavy atom. The molecule has 4 aromatic rings. The molecule has 1 atom stereocenters. The first-order chi connectivity index (χ1) is 25.3. The fourth-order valence-corrected chi connectivity index (χ4v) is 6.54. The number of hydrogen-bond donors (Lipinski definition) is 0. The second kappa shape index (κ2) is 20.0. The summed E-state index contributed by atoms with van der Waals surface area (Å²) in [6, 6.07) is 37.5. The maximum absolute atomic E-state index is 3.67. The molecular formula is C54H72Zr-4. The Morgan fingerprint density at radius 3 is 1.40 bits per heavy atom. The van der Waals surface area contributed by atoms with Crippen molar-refractivity contribution in [2.75, 3.05) is 0 Å². The van der Waals surface area contributed by atoms with E-state index in [1.54, 1.807) is 0 Å². The molecule has 55 heavy (non-hydrogen) atoms. The van der Waals surface area contributed by atoms with E-state index in [9.17, 15) is 0 Å². The van der Waals surface area contributed by atoms with Crippen LogP contribution in [0.2, 0.25) is 0 Å². The molecule has 6 rings (SSSR count). The van der Waals surface area contributed by atoms with Crippen molar-refractivity contribution in [3.63, 3.8) is 0 Å². The van der Waals surface area contributed by atoms with Crippen LogP contribution in [0.3, 0.4) is 0 Å². The predicted octanol–water partition coefficient (Wildman–Crippen LogP) is 14.9. The minimum atomic E-state index is 0.167. The molecule has 1 unspecified atom stereocenters. The van der Waals surface area contributed by atoms with E-state index in [4.69, 9.17) is 0 Å². The summed E-state index contributed by atoms with van der Waals surface area (Å²) in [5, 5.41) is 0. The van der Waals surface area contributed by atoms with Gasteiger partial charge in [0.05, 0.1) is 0 Å². The molecule has 296 valence electrons. The zero-order valence-electron chi connectivity index (χ0n) is 37.8. The van der Waals surface area contributed by atoms with Gasteiger partial charge in [-0.05, 0) is 39.2 Å². The van der Waals surface area contributed by atoms with Gasteiger partial charge in [0.25, 0.3) is 0 Å². The van der Waals surface area contributed by atoms with Crippen LogP contribution in [0.4, 0.5) is 0 Å². The molecule has 0 radical (unpaired) electrons. The first-order valence-electron chi connectivity index (χ1n) is 20.2. The normalized spacial score (nSPS) is 14.8. The van der Waals surface area contributed by atoms with Crippen molar-refractivity contribution in [1.82, 2.24) is 0 Å². The number of hydrogen-bond acceptors (Lipinski definition) is 0. The molecule has 2 aliphatic rings. The van der Waals surface area contributed by atoms with Crippen LogP contribution in [0, 0.1) is 35.6 Å². The van der Waals surface area contributed by atoms with E-state index in [1.165, 1.54) is 79.9 Å². The van der Waals surface area contributed by atoms with Gasteiger partial charge in [-0.3, -0.25) is 6.08 Å². The Bertz CT molecular complexity index is 1720. The quantitative estimate of drug-likeness (QED) is 0.148. The van der Waals surface area contributed by atoms with Gasteiger partial charge in [-0.2, -0.15) is 107 Å². The molecule has 0 nitrogen and oxygen atoms in total. The van der Waals surface area contributed by atoms with Crippen molar-refractivity contribution in [1.29, 1.82) is 0 Å². The number of benzene rings is 4. The Balaban J connectivity index is 0.000000265. The SMILES string of the molecule is CC(C)(C)c1[c-]c2c(cc1)-c1ccc(C(C)(C)C)cc1C2.CC(C)(C)c1cc[c-]cc1.CC(C)(C)c1cc[c-]cc1.CCC1=[C-]C(C)C=C1C(C)(C)C.[CH2]=[Zr]. The number of fused-ring (bicyclic) bond motifs is 3. The van der Waals surface area contributed by atoms with Crippen LogP contribution in [-0.2, 0) is 52.3 Å². The fourth-order valence-electron chi connectivity index (χ4n) is 6.54. The Labute approximate surface area is 354 Å². The maximum atomic E-state index is 3.67. The Morgan fingerprint density at radius 2 is 1.04 bits per heavy atom. The van der Waals surface area contributed by atoms with Gasteiger partial charge in [0.2, 0.25) is 0 Å². The van der Waals surface area contributed by atoms with E-state index in [-0.39, 0.29) is 21.7 Å². The first kappa shape index (κ1) is 48.3. The van der Waals surface area contributed by atoms with Crippen molar-refractivity contribution < 1.29 is 24.2 Å². The third-order valence-electron chi connectivity index (χ3n) is 9.94. The summed E-state index contributed by atoms with van der Waals surface area (Å²) in [7, 11) is 0. The van der Waals surface area contributed by atoms with Gasteiger partial charge in [-0.15, -0.1) is 11.1 Å². The summed E-state index contributed by atoms with van der Waals surface area (Å²) in [6.07, 6.45) is 7.98. The zero-order valence-corrected chi connectivity index (χ0v) is 40.2. The van der Waals surface area contributed by atoms with Crippen molar-refractivity contribution in [3.05, 3.63) is 154 Å². The van der Waals surface area contributed by atoms with Gasteiger partial charge in [-0.1, -0.05) is 159 Å². The Kier molecular flexibility index (Phi) is 17.5. The van der Waals surface area contributed by atoms with Crippen LogP contribution in [0.15, 0.2) is 96.1 Å². The first-order valence-corrected chi connectivity index (χ1v) is 21.9. The topological polar surface area (TPSA) is 0 Å². The second-order valence-electron chi connectivity index (χ2n) is 20.0. The third-order valence-corrected chi connectivity index (χ3v) is 9.94. The van der Waals surface area contributed by atoms with Crippen LogP contribution in [0.5, 0.6) is 0 Å². The molecule has 4 aromatic carbocycles. The van der Waals surface area contributed by atoms with Gasteiger partial charge in [0.1, 0.15) is 0 Å². The molecule has 0 N–H and O–H groups in total. The number of rotatable bonds is 1. The average Bonchev–Trinajstić information content (AvgIpc) is 3.69. The summed E-state index contributed by atoms with van der Waals surface area (Å²) >= 11 is 1.30. The second-order valence-corrected chi connectivity index (χ2v) is 20.0. The fraction of sp³-hybridized carbons (Fsp3) is 0.463. The predicted molar refractivity (Wildman–Crippen MR) is 240 cm³/mol. The third kappa shape index (κ3) is 14.9. The van der Waals surface area contributed by atoms with E-state index in [2.05, 4.69) is 207 Å². The molecule has 0 aromatic heterocycles. The minimum absolute atomic E-state index is 0.167. The van der Waals surface area contributed by atoms with Crippen LogP contribution in [-0.4, -0.2) is 4.21 Å². The van der Waals surface area contributed by atoms with Crippen LogP contribution in [0.25, 0.3) is 11.1 Å². The summed E-state index contributed by atoms with van der Waals surface area (Å²) in [5.41, 5.74) is 15.2. The van der Waals surface area contributed by atoms with Gasteiger partial charge in [0.15, 0.2) is 0 Å². The standard InChI is InChI=1S/C21H25.C12H19.2C10H13.CH2.Zr/c1-20(2,3)16-7-9-18-14(12-16)11-15-13-17(21(4,5)6)8-10-19(15)18;1-6-10-7-9(2)8-11(10)12(3,4)5;2*1-10(2,3)9-7-5-4-6-8-9;;/h7-10,12H,11H2,1-6H3;8-9H,6H2,1-5H3;2*5-8H,1-3H3;1H2;/q4*-1;;. The molecule has 0 bridgehead atoms. The Hall–Kier alpha value is -2.89. The zero-order chi connectivity index (χ0) is 42.0. The molecule has 0 amide bonds. The van der Waals surface area contributed by atoms with Crippen molar-refractivity contribution in [3.8, 4) is 11.1 Å². The van der Waals surface area contributed by atoms with Crippen LogP contribution < -0.4 is 0 Å². The molecule has 0 heterocycles. The summed E-state index contributed by atoms with van der Waals surface area (Å²) in [4.78, 5) is 0. The molecule has 0 aliphatic heterocycles. The molecule has 2 aliphatic carbocycles. The summed E-state index contributed by atoms with van der Waals surface area (Å²) < 4.78 is 3.34. The van der Waals surface area contributed by atoms with Crippen molar-refractivity contribution in [2.24, 2.45) is 11.3 Å². The number of allylic oxidation sites excluding steroid dienone is 4. The molecule has 0 saturated carbocycles. The van der Waals surface area contributed by atoms with Gasteiger partial charge in [0, 0.05) is 0 Å². The molecule has 1 heteroatoms. The average molecular weight is 812 g/mol. The van der Waals surface area contributed by atoms with Gasteiger partial charge >= 0.3 is 28.4 Å². The van der Waals surface area contributed by atoms with E-state index >= 15 is 0 Å². The van der Waals surface area contributed by atoms with Crippen molar-refractivity contribution in [2.45, 2.75) is 152 Å². The van der Waals surface area contributed by atoms with E-state index in [0.717, 1.165) is 12.8 Å². The molecule has 0 spiro atoms. The molecule has 0 saturated heterocycles. The van der Waals surface area contributed by atoms with E-state index in [0.29, 0.717) is 11.3 Å².